The van der Waals surface area contributed by atoms with Crippen molar-refractivity contribution >= 4 is 12.0 Å². The number of nitriles is 1. The van der Waals surface area contributed by atoms with E-state index >= 15 is 0 Å². The fourth-order valence-electron chi connectivity index (χ4n) is 3.95. The molecule has 0 atom stereocenters. The smallest absolute Gasteiger partial charge is 0.262 e. The highest BCUT2D eigenvalue weighted by molar-refractivity contribution is 6.01. The predicted octanol–water partition coefficient (Wildman–Crippen LogP) is 4.35. The summed E-state index contributed by atoms with van der Waals surface area (Å²) in [7, 11) is 0. The molecule has 1 aromatic heterocycles. The lowest BCUT2D eigenvalue weighted by Crippen LogP contribution is -2.36. The average Bonchev–Trinajstić information content (AvgIpc) is 3.10. The van der Waals surface area contributed by atoms with Crippen LogP contribution in [0.2, 0.25) is 0 Å². The van der Waals surface area contributed by atoms with Gasteiger partial charge in [-0.2, -0.15) is 5.26 Å². The predicted molar refractivity (Wildman–Crippen MR) is 95.2 cm³/mol. The number of amides is 1. The minimum absolute atomic E-state index is 0.210. The van der Waals surface area contributed by atoms with Gasteiger partial charge >= 0.3 is 0 Å². The van der Waals surface area contributed by atoms with Gasteiger partial charge < -0.3 is 9.88 Å². The first-order valence-electron chi connectivity index (χ1n) is 9.36. The van der Waals surface area contributed by atoms with Gasteiger partial charge in [-0.05, 0) is 43.4 Å². The molecule has 0 bridgehead atoms. The van der Waals surface area contributed by atoms with E-state index in [2.05, 4.69) is 28.3 Å². The van der Waals surface area contributed by atoms with E-state index < -0.39 is 0 Å². The van der Waals surface area contributed by atoms with Crippen LogP contribution in [0.3, 0.4) is 0 Å². The summed E-state index contributed by atoms with van der Waals surface area (Å²) in [4.78, 5) is 12.3. The van der Waals surface area contributed by atoms with Crippen molar-refractivity contribution in [1.29, 1.82) is 5.26 Å². The molecule has 24 heavy (non-hydrogen) atoms. The molecule has 0 spiro atoms. The molecule has 2 aliphatic rings. The summed E-state index contributed by atoms with van der Waals surface area (Å²) in [6, 6.07) is 4.87. The number of rotatable bonds is 4. The number of aromatic nitrogens is 1. The van der Waals surface area contributed by atoms with Crippen LogP contribution in [0.1, 0.15) is 75.8 Å². The van der Waals surface area contributed by atoms with Gasteiger partial charge in [-0.3, -0.25) is 4.79 Å². The number of carbonyl (C=O) groups is 1. The number of nitrogens with one attached hydrogen (secondary N) is 1. The van der Waals surface area contributed by atoms with Crippen LogP contribution in [-0.4, -0.2) is 16.5 Å². The van der Waals surface area contributed by atoms with Gasteiger partial charge in [0.25, 0.3) is 5.91 Å². The molecular formula is C20H27N3O. The standard InChI is InChI=1S/C20H27N3O/c21-14-17(20(24)22-18-7-3-1-4-8-18)13-16-11-12-23(15-16)19-9-5-2-6-10-19/h11-13,15,18-19H,1-10H2,(H,22,24)/b17-13+. The third-order valence-corrected chi connectivity index (χ3v) is 5.35. The quantitative estimate of drug-likeness (QED) is 0.661. The van der Waals surface area contributed by atoms with Crippen molar-refractivity contribution in [2.75, 3.05) is 0 Å². The number of hydrogen-bond donors (Lipinski definition) is 1. The Hall–Kier alpha value is -2.02. The molecule has 3 rings (SSSR count). The first kappa shape index (κ1) is 16.8. The van der Waals surface area contributed by atoms with Gasteiger partial charge in [0, 0.05) is 24.5 Å². The minimum atomic E-state index is -0.227. The molecule has 1 heterocycles. The molecule has 1 N–H and O–H groups in total. The molecule has 2 fully saturated rings. The molecular weight excluding hydrogens is 298 g/mol. The second-order valence-corrected chi connectivity index (χ2v) is 7.16. The van der Waals surface area contributed by atoms with E-state index in [0.29, 0.717) is 6.04 Å². The van der Waals surface area contributed by atoms with E-state index in [1.165, 1.54) is 51.4 Å². The van der Waals surface area contributed by atoms with Gasteiger partial charge in [0.05, 0.1) is 0 Å². The molecule has 2 aliphatic carbocycles. The monoisotopic (exact) mass is 325 g/mol. The fraction of sp³-hybridized carbons (Fsp3) is 0.600. The van der Waals surface area contributed by atoms with Gasteiger partial charge in [-0.25, -0.2) is 0 Å². The van der Waals surface area contributed by atoms with E-state index in [4.69, 9.17) is 0 Å². The maximum absolute atomic E-state index is 12.3. The molecule has 0 saturated heterocycles. The lowest BCUT2D eigenvalue weighted by atomic mass is 9.95. The Morgan fingerprint density at radius 2 is 1.79 bits per heavy atom. The van der Waals surface area contributed by atoms with E-state index in [1.54, 1.807) is 6.08 Å². The van der Waals surface area contributed by atoms with Gasteiger partial charge in [0.2, 0.25) is 0 Å². The van der Waals surface area contributed by atoms with Crippen molar-refractivity contribution in [1.82, 2.24) is 9.88 Å². The molecule has 1 aromatic rings. The van der Waals surface area contributed by atoms with E-state index in [1.807, 2.05) is 6.07 Å². The normalized spacial score (nSPS) is 20.5. The summed E-state index contributed by atoms with van der Waals surface area (Å²) in [5, 5.41) is 12.4. The third kappa shape index (κ3) is 4.29. The van der Waals surface area contributed by atoms with Gasteiger partial charge in [0.1, 0.15) is 11.6 Å². The van der Waals surface area contributed by atoms with Crippen LogP contribution in [0, 0.1) is 11.3 Å². The molecule has 2 saturated carbocycles. The first-order chi connectivity index (χ1) is 11.8. The van der Waals surface area contributed by atoms with Crippen LogP contribution in [-0.2, 0) is 4.79 Å². The van der Waals surface area contributed by atoms with Gasteiger partial charge in [-0.1, -0.05) is 38.5 Å². The summed E-state index contributed by atoms with van der Waals surface area (Å²) in [6.07, 6.45) is 17.9. The van der Waals surface area contributed by atoms with Crippen LogP contribution >= 0.6 is 0 Å². The number of hydrogen-bond acceptors (Lipinski definition) is 2. The molecule has 0 unspecified atom stereocenters. The van der Waals surface area contributed by atoms with Crippen LogP contribution in [0.15, 0.2) is 24.0 Å². The largest absolute Gasteiger partial charge is 0.351 e. The summed E-state index contributed by atoms with van der Waals surface area (Å²) in [6.45, 7) is 0. The van der Waals surface area contributed by atoms with Crippen LogP contribution < -0.4 is 5.32 Å². The van der Waals surface area contributed by atoms with E-state index in [0.717, 1.165) is 18.4 Å². The van der Waals surface area contributed by atoms with E-state index in [-0.39, 0.29) is 17.5 Å². The molecule has 128 valence electrons. The van der Waals surface area contributed by atoms with Crippen molar-refractivity contribution in [2.24, 2.45) is 0 Å². The maximum atomic E-state index is 12.3. The molecule has 0 aromatic carbocycles. The van der Waals surface area contributed by atoms with E-state index in [9.17, 15) is 10.1 Å². The van der Waals surface area contributed by atoms with Crippen LogP contribution in [0.25, 0.3) is 6.08 Å². The molecule has 4 nitrogen and oxygen atoms in total. The molecule has 1 amide bonds. The topological polar surface area (TPSA) is 57.8 Å². The Bertz CT molecular complexity index is 626. The van der Waals surface area contributed by atoms with Crippen LogP contribution in [0.4, 0.5) is 0 Å². The Morgan fingerprint density at radius 3 is 2.46 bits per heavy atom. The number of carbonyl (C=O) groups excluding carboxylic acids is 1. The van der Waals surface area contributed by atoms with Crippen molar-refractivity contribution in [3.8, 4) is 6.07 Å². The Labute approximate surface area is 144 Å². The first-order valence-corrected chi connectivity index (χ1v) is 9.36. The van der Waals surface area contributed by atoms with Crippen LogP contribution in [0.5, 0.6) is 0 Å². The zero-order valence-electron chi connectivity index (χ0n) is 14.3. The maximum Gasteiger partial charge on any atom is 0.262 e. The summed E-state index contributed by atoms with van der Waals surface area (Å²) in [5.41, 5.74) is 1.15. The second-order valence-electron chi connectivity index (χ2n) is 7.16. The zero-order valence-corrected chi connectivity index (χ0v) is 14.3. The summed E-state index contributed by atoms with van der Waals surface area (Å²) < 4.78 is 2.25. The summed E-state index contributed by atoms with van der Waals surface area (Å²) in [5.74, 6) is -0.227. The molecule has 0 aliphatic heterocycles. The highest BCUT2D eigenvalue weighted by atomic mass is 16.1. The molecule has 0 radical (unpaired) electrons. The zero-order chi connectivity index (χ0) is 16.8. The van der Waals surface area contributed by atoms with Crippen molar-refractivity contribution in [2.45, 2.75) is 76.3 Å². The Morgan fingerprint density at radius 1 is 1.12 bits per heavy atom. The third-order valence-electron chi connectivity index (χ3n) is 5.35. The minimum Gasteiger partial charge on any atom is -0.351 e. The van der Waals surface area contributed by atoms with Gasteiger partial charge in [0.15, 0.2) is 0 Å². The highest BCUT2D eigenvalue weighted by Crippen LogP contribution is 2.28. The van der Waals surface area contributed by atoms with Gasteiger partial charge in [-0.15, -0.1) is 0 Å². The van der Waals surface area contributed by atoms with Crippen molar-refractivity contribution in [3.05, 3.63) is 29.6 Å². The van der Waals surface area contributed by atoms with Crippen molar-refractivity contribution in [3.63, 3.8) is 0 Å². The SMILES string of the molecule is N#C/C(=C\c1ccn(C2CCCCC2)c1)C(=O)NC1CCCCC1. The number of nitrogens with zero attached hydrogens (tertiary/aromatic N) is 2. The lowest BCUT2D eigenvalue weighted by Gasteiger charge is -2.23. The highest BCUT2D eigenvalue weighted by Gasteiger charge is 2.19. The Balaban J connectivity index is 1.65. The second kappa shape index (κ2) is 8.19. The molecule has 4 heteroatoms. The Kier molecular flexibility index (Phi) is 5.74. The average molecular weight is 325 g/mol. The summed E-state index contributed by atoms with van der Waals surface area (Å²) >= 11 is 0. The fourth-order valence-corrected chi connectivity index (χ4v) is 3.95. The van der Waals surface area contributed by atoms with Crippen molar-refractivity contribution < 1.29 is 4.79 Å². The lowest BCUT2D eigenvalue weighted by molar-refractivity contribution is -0.117.